The molecule has 4 aliphatic rings. The predicted molar refractivity (Wildman–Crippen MR) is 159 cm³/mol. The van der Waals surface area contributed by atoms with E-state index in [1.807, 2.05) is 35.2 Å². The summed E-state index contributed by atoms with van der Waals surface area (Å²) in [4.78, 5) is 34.3. The van der Waals surface area contributed by atoms with Crippen molar-refractivity contribution in [3.8, 4) is 0 Å². The molecule has 2 aromatic rings. The maximum absolute atomic E-state index is 13.0. The lowest BCUT2D eigenvalue weighted by Crippen LogP contribution is -2.44. The molecule has 1 aromatic carbocycles. The van der Waals surface area contributed by atoms with Crippen LogP contribution in [0.5, 0.6) is 0 Å². The first-order valence-electron chi connectivity index (χ1n) is 13.5. The van der Waals surface area contributed by atoms with Crippen LogP contribution in [0.3, 0.4) is 0 Å². The van der Waals surface area contributed by atoms with Crippen molar-refractivity contribution in [1.29, 1.82) is 0 Å². The summed E-state index contributed by atoms with van der Waals surface area (Å²) < 4.78 is 0. The van der Waals surface area contributed by atoms with Crippen LogP contribution in [-0.4, -0.2) is 47.1 Å². The maximum atomic E-state index is 13.0. The molecule has 8 heteroatoms. The van der Waals surface area contributed by atoms with Crippen LogP contribution in [-0.2, 0) is 4.79 Å². The summed E-state index contributed by atoms with van der Waals surface area (Å²) in [6, 6.07) is 9.59. The van der Waals surface area contributed by atoms with Crippen LogP contribution in [0.4, 0.5) is 17.2 Å². The normalized spacial score (nSPS) is 21.4. The zero-order valence-corrected chi connectivity index (χ0v) is 22.9. The number of piperidine rings is 1. The third-order valence-electron chi connectivity index (χ3n) is 8.30. The van der Waals surface area contributed by atoms with Gasteiger partial charge in [0.15, 0.2) is 0 Å². The number of carbonyl (C=O) groups is 2. The van der Waals surface area contributed by atoms with E-state index in [9.17, 15) is 9.59 Å². The van der Waals surface area contributed by atoms with Crippen molar-refractivity contribution in [3.05, 3.63) is 94.7 Å². The summed E-state index contributed by atoms with van der Waals surface area (Å²) in [5, 5.41) is 5.08. The molecule has 4 heterocycles. The molecule has 0 saturated carbocycles. The van der Waals surface area contributed by atoms with E-state index in [4.69, 9.17) is 5.73 Å². The lowest BCUT2D eigenvalue weighted by atomic mass is 9.73. The number of amides is 2. The summed E-state index contributed by atoms with van der Waals surface area (Å²) >= 11 is 1.79. The third-order valence-corrected chi connectivity index (χ3v) is 9.20. The van der Waals surface area contributed by atoms with E-state index < -0.39 is 0 Å². The Bertz CT molecular complexity index is 1420. The van der Waals surface area contributed by atoms with Gasteiger partial charge in [0.1, 0.15) is 5.82 Å². The molecule has 1 aliphatic carbocycles. The first-order chi connectivity index (χ1) is 18.9. The van der Waals surface area contributed by atoms with E-state index >= 15 is 0 Å². The molecule has 1 fully saturated rings. The number of aromatic nitrogens is 1. The van der Waals surface area contributed by atoms with Crippen molar-refractivity contribution < 1.29 is 9.59 Å². The number of anilines is 3. The van der Waals surface area contributed by atoms with Gasteiger partial charge in [-0.2, -0.15) is 0 Å². The number of fused-ring (bicyclic) bond motifs is 1. The van der Waals surface area contributed by atoms with Crippen LogP contribution < -0.4 is 16.0 Å². The van der Waals surface area contributed by atoms with Gasteiger partial charge >= 0.3 is 0 Å². The number of hydrogen-bond donors (Lipinski definition) is 2. The van der Waals surface area contributed by atoms with E-state index in [0.717, 1.165) is 61.7 Å². The van der Waals surface area contributed by atoms with Gasteiger partial charge in [-0.1, -0.05) is 30.4 Å². The monoisotopic (exact) mass is 539 g/mol. The first kappa shape index (κ1) is 25.5. The fraction of sp³-hybridized carbons (Fsp3) is 0.323. The molecular weight excluding hydrogens is 506 g/mol. The second kappa shape index (κ2) is 10.4. The summed E-state index contributed by atoms with van der Waals surface area (Å²) in [5.41, 5.74) is 11.3. The number of benzene rings is 1. The Morgan fingerprint density at radius 1 is 1.13 bits per heavy atom. The van der Waals surface area contributed by atoms with Crippen molar-refractivity contribution in [2.24, 2.45) is 5.41 Å². The molecule has 6 rings (SSSR count). The Hall–Kier alpha value is -3.78. The minimum Gasteiger partial charge on any atom is -0.397 e. The molecule has 7 nitrogen and oxygen atoms in total. The molecule has 3 aliphatic heterocycles. The fourth-order valence-corrected chi connectivity index (χ4v) is 6.96. The highest BCUT2D eigenvalue weighted by atomic mass is 32.2. The molecule has 1 aromatic heterocycles. The van der Waals surface area contributed by atoms with Crippen LogP contribution in [0.25, 0.3) is 0 Å². The molecule has 0 radical (unpaired) electrons. The largest absolute Gasteiger partial charge is 0.397 e. The Labute approximate surface area is 233 Å². The number of thioether (sulfide) groups is 1. The van der Waals surface area contributed by atoms with Crippen molar-refractivity contribution >= 4 is 40.8 Å². The average molecular weight is 540 g/mol. The predicted octanol–water partition coefficient (Wildman–Crippen LogP) is 5.48. The molecule has 200 valence electrons. The third kappa shape index (κ3) is 4.89. The van der Waals surface area contributed by atoms with Gasteiger partial charge in [-0.25, -0.2) is 4.98 Å². The van der Waals surface area contributed by atoms with Crippen LogP contribution in [0, 0.1) is 5.41 Å². The lowest BCUT2D eigenvalue weighted by Gasteiger charge is -2.41. The second-order valence-corrected chi connectivity index (χ2v) is 11.6. The number of hydrogen-bond acceptors (Lipinski definition) is 6. The number of nitrogens with zero attached hydrogens (tertiary/aromatic N) is 3. The van der Waals surface area contributed by atoms with E-state index in [1.165, 1.54) is 5.57 Å². The Kier molecular flexibility index (Phi) is 6.81. The Balaban J connectivity index is 1.12. The summed E-state index contributed by atoms with van der Waals surface area (Å²) in [6.07, 6.45) is 15.3. The van der Waals surface area contributed by atoms with Gasteiger partial charge in [0.2, 0.25) is 5.91 Å². The highest BCUT2D eigenvalue weighted by Gasteiger charge is 2.46. The minimum absolute atomic E-state index is 0.0239. The number of pyridine rings is 1. The molecule has 39 heavy (non-hydrogen) atoms. The zero-order valence-electron chi connectivity index (χ0n) is 22.1. The smallest absolute Gasteiger partial charge is 0.257 e. The summed E-state index contributed by atoms with van der Waals surface area (Å²) in [7, 11) is 0. The highest BCUT2D eigenvalue weighted by Crippen LogP contribution is 2.48. The second-order valence-electron chi connectivity index (χ2n) is 10.7. The van der Waals surface area contributed by atoms with Crippen molar-refractivity contribution in [2.45, 2.75) is 32.1 Å². The molecular formula is C31H33N5O2S. The highest BCUT2D eigenvalue weighted by molar-refractivity contribution is 8.02. The average Bonchev–Trinajstić information content (AvgIpc) is 3.50. The maximum Gasteiger partial charge on any atom is 0.257 e. The molecule has 2 amide bonds. The molecule has 1 atom stereocenters. The van der Waals surface area contributed by atoms with E-state index in [0.29, 0.717) is 22.9 Å². The SMILES string of the molecule is CC(=O)N1CC2(CCN(c3ccc(C(=O)Nc4cc(C5C=CSC5)ccc4N)cn3)CC2)C2=C1C=CCC=C2. The number of nitrogens with two attached hydrogens (primary N) is 1. The van der Waals surface area contributed by atoms with Crippen LogP contribution in [0.2, 0.25) is 0 Å². The van der Waals surface area contributed by atoms with Crippen molar-refractivity contribution in [1.82, 2.24) is 9.88 Å². The number of nitrogen functional groups attached to an aromatic ring is 1. The molecule has 1 spiro atoms. The van der Waals surface area contributed by atoms with E-state index in [-0.39, 0.29) is 17.2 Å². The number of allylic oxidation sites excluding steroid dienone is 5. The standard InChI is InChI=1S/C31H33N5O2S/c1-21(37)36-20-31(25-5-3-2-4-6-28(25)36)12-14-35(15-13-31)29-10-8-23(18-33-29)30(38)34-27-17-22(7-9-26(27)32)24-11-16-39-19-24/h3-11,16-18,24H,2,12-15,19-20,32H2,1H3,(H,34,38). The van der Waals surface area contributed by atoms with Crippen molar-refractivity contribution in [2.75, 3.05) is 41.3 Å². The zero-order chi connectivity index (χ0) is 27.0. The van der Waals surface area contributed by atoms with Crippen LogP contribution >= 0.6 is 11.8 Å². The topological polar surface area (TPSA) is 91.6 Å². The van der Waals surface area contributed by atoms with Crippen LogP contribution in [0.1, 0.15) is 48.0 Å². The quantitative estimate of drug-likeness (QED) is 0.500. The van der Waals surface area contributed by atoms with Gasteiger partial charge in [-0.3, -0.25) is 9.59 Å². The van der Waals surface area contributed by atoms with Gasteiger partial charge in [0.05, 0.1) is 16.9 Å². The molecule has 0 bridgehead atoms. The lowest BCUT2D eigenvalue weighted by molar-refractivity contribution is -0.127. The fourth-order valence-electron chi connectivity index (χ4n) is 6.04. The van der Waals surface area contributed by atoms with Gasteiger partial charge in [0, 0.05) is 55.5 Å². The van der Waals surface area contributed by atoms with Crippen molar-refractivity contribution in [3.63, 3.8) is 0 Å². The summed E-state index contributed by atoms with van der Waals surface area (Å²) in [6.45, 7) is 4.08. The number of rotatable bonds is 4. The molecule has 3 N–H and O–H groups in total. The Morgan fingerprint density at radius 2 is 1.95 bits per heavy atom. The van der Waals surface area contributed by atoms with E-state index in [1.54, 1.807) is 24.9 Å². The van der Waals surface area contributed by atoms with E-state index in [2.05, 4.69) is 51.0 Å². The molecule has 1 saturated heterocycles. The van der Waals surface area contributed by atoms with Gasteiger partial charge in [0.25, 0.3) is 5.91 Å². The minimum atomic E-state index is -0.227. The van der Waals surface area contributed by atoms with Gasteiger partial charge in [-0.05, 0) is 66.1 Å². The molecule has 1 unspecified atom stereocenters. The Morgan fingerprint density at radius 3 is 2.67 bits per heavy atom. The summed E-state index contributed by atoms with van der Waals surface area (Å²) in [5.74, 6) is 2.07. The first-order valence-corrected chi connectivity index (χ1v) is 14.5. The van der Waals surface area contributed by atoms with Gasteiger partial charge < -0.3 is 20.9 Å². The van der Waals surface area contributed by atoms with Crippen LogP contribution in [0.15, 0.2) is 83.6 Å². The number of nitrogens with one attached hydrogen (secondary N) is 1. The number of carbonyl (C=O) groups excluding carboxylic acids is 2. The van der Waals surface area contributed by atoms with Gasteiger partial charge in [-0.15, -0.1) is 11.8 Å².